The number of imide groups is 1. The average Bonchev–Trinajstić information content (AvgIpc) is 3.55. The monoisotopic (exact) mass is 477 g/mol. The molecule has 8 heteroatoms. The molecule has 3 aromatic heterocycles. The zero-order chi connectivity index (χ0) is 24.6. The van der Waals surface area contributed by atoms with Crippen molar-refractivity contribution in [3.63, 3.8) is 0 Å². The first-order valence-electron chi connectivity index (χ1n) is 11.8. The molecule has 6 rings (SSSR count). The zero-order valence-electron chi connectivity index (χ0n) is 19.4. The summed E-state index contributed by atoms with van der Waals surface area (Å²) in [6.45, 7) is 0.707. The molecule has 2 amide bonds. The number of nitrogens with zero attached hydrogens (tertiary/aromatic N) is 4. The number of aromatic nitrogens is 4. The number of carbonyl (C=O) groups is 2. The van der Waals surface area contributed by atoms with Crippen molar-refractivity contribution in [2.45, 2.75) is 19.4 Å². The lowest BCUT2D eigenvalue weighted by Gasteiger charge is -2.03. The summed E-state index contributed by atoms with van der Waals surface area (Å²) in [6, 6.07) is 19.3. The van der Waals surface area contributed by atoms with Crippen LogP contribution in [0.15, 0.2) is 79.3 Å². The number of unbranched alkanes of at least 4 members (excludes halogenated alkanes) is 1. The van der Waals surface area contributed by atoms with Gasteiger partial charge in [0.2, 0.25) is 0 Å². The van der Waals surface area contributed by atoms with Gasteiger partial charge < -0.3 is 9.67 Å². The van der Waals surface area contributed by atoms with Crippen molar-refractivity contribution in [1.82, 2.24) is 24.6 Å². The summed E-state index contributed by atoms with van der Waals surface area (Å²) < 4.78 is 3.82. The fourth-order valence-corrected chi connectivity index (χ4v) is 4.88. The third-order valence-corrected chi connectivity index (χ3v) is 6.51. The number of nitrogens with one attached hydrogen (secondary N) is 1. The lowest BCUT2D eigenvalue weighted by molar-refractivity contribution is -0.122. The van der Waals surface area contributed by atoms with E-state index in [1.54, 1.807) is 12.4 Å². The minimum atomic E-state index is -0.459. The van der Waals surface area contributed by atoms with E-state index in [0.29, 0.717) is 29.8 Å². The lowest BCUT2D eigenvalue weighted by Crippen LogP contribution is -2.22. The molecule has 2 N–H and O–H groups in total. The quantitative estimate of drug-likeness (QED) is 0.275. The highest BCUT2D eigenvalue weighted by Gasteiger charge is 2.36. The predicted molar refractivity (Wildman–Crippen MR) is 137 cm³/mol. The molecule has 0 saturated heterocycles. The van der Waals surface area contributed by atoms with Gasteiger partial charge in [0.25, 0.3) is 11.8 Å². The van der Waals surface area contributed by atoms with Gasteiger partial charge in [-0.2, -0.15) is 5.10 Å². The summed E-state index contributed by atoms with van der Waals surface area (Å²) in [5, 5.41) is 18.1. The van der Waals surface area contributed by atoms with Crippen LogP contribution in [0.5, 0.6) is 0 Å². The average molecular weight is 478 g/mol. The molecular weight excluding hydrogens is 454 g/mol. The first kappa shape index (κ1) is 21.9. The van der Waals surface area contributed by atoms with Crippen LogP contribution in [0.4, 0.5) is 0 Å². The molecule has 8 nitrogen and oxygen atoms in total. The molecule has 0 spiro atoms. The molecule has 4 heterocycles. The predicted octanol–water partition coefficient (Wildman–Crippen LogP) is 3.71. The molecule has 0 fully saturated rings. The van der Waals surface area contributed by atoms with Crippen LogP contribution in [0.25, 0.3) is 38.6 Å². The van der Waals surface area contributed by atoms with E-state index in [1.807, 2.05) is 76.1 Å². The smallest absolute Gasteiger partial charge is 0.261 e. The zero-order valence-corrected chi connectivity index (χ0v) is 19.4. The standard InChI is InChI=1S/C28H23N5O3/c34-15-6-5-14-33-23-12-4-2-10-20(23)26(31-33)25-24(27(35)30-28(25)36)21-17-32(18-8-7-13-29-16-18)22-11-3-1-9-19(21)22/h1-4,7-13,16-17,34H,5-6,14-15H2,(H,30,35,36). The number of hydrogen-bond acceptors (Lipinski definition) is 5. The number of aliphatic hydroxyl groups excluding tert-OH is 1. The Morgan fingerprint density at radius 3 is 2.36 bits per heavy atom. The lowest BCUT2D eigenvalue weighted by atomic mass is 9.97. The van der Waals surface area contributed by atoms with E-state index in [9.17, 15) is 14.7 Å². The Kier molecular flexibility index (Phi) is 5.42. The molecule has 36 heavy (non-hydrogen) atoms. The van der Waals surface area contributed by atoms with Gasteiger partial charge in [-0.05, 0) is 37.1 Å². The highest BCUT2D eigenvalue weighted by molar-refractivity contribution is 6.50. The second kappa shape index (κ2) is 8.90. The number of aliphatic hydroxyl groups is 1. The number of hydrogen-bond donors (Lipinski definition) is 2. The summed E-state index contributed by atoms with van der Waals surface area (Å²) in [5.41, 5.74) is 4.35. The number of fused-ring (bicyclic) bond motifs is 2. The Morgan fingerprint density at radius 1 is 0.833 bits per heavy atom. The van der Waals surface area contributed by atoms with Gasteiger partial charge in [0, 0.05) is 41.9 Å². The van der Waals surface area contributed by atoms with E-state index in [-0.39, 0.29) is 12.2 Å². The van der Waals surface area contributed by atoms with Gasteiger partial charge in [-0.15, -0.1) is 0 Å². The van der Waals surface area contributed by atoms with Gasteiger partial charge >= 0.3 is 0 Å². The second-order valence-electron chi connectivity index (χ2n) is 8.69. The molecule has 0 unspecified atom stereocenters. The summed E-state index contributed by atoms with van der Waals surface area (Å²) >= 11 is 0. The Hall–Kier alpha value is -4.56. The fourth-order valence-electron chi connectivity index (χ4n) is 4.88. The van der Waals surface area contributed by atoms with Crippen molar-refractivity contribution in [2.75, 3.05) is 6.61 Å². The molecule has 1 aliphatic heterocycles. The largest absolute Gasteiger partial charge is 0.396 e. The molecule has 0 radical (unpaired) electrons. The van der Waals surface area contributed by atoms with E-state index in [1.165, 1.54) is 0 Å². The molecule has 0 aliphatic carbocycles. The number of aryl methyl sites for hydroxylation is 1. The van der Waals surface area contributed by atoms with Gasteiger partial charge in [-0.3, -0.25) is 24.6 Å². The second-order valence-corrected chi connectivity index (χ2v) is 8.69. The maximum Gasteiger partial charge on any atom is 0.261 e. The maximum atomic E-state index is 13.2. The van der Waals surface area contributed by atoms with Gasteiger partial charge in [0.1, 0.15) is 5.69 Å². The van der Waals surface area contributed by atoms with Crippen LogP contribution >= 0.6 is 0 Å². The van der Waals surface area contributed by atoms with Crippen LogP contribution in [0.1, 0.15) is 24.1 Å². The number of rotatable bonds is 7. The van der Waals surface area contributed by atoms with Gasteiger partial charge in [0.05, 0.1) is 34.1 Å². The molecule has 0 saturated carbocycles. The van der Waals surface area contributed by atoms with E-state index in [0.717, 1.165) is 33.9 Å². The van der Waals surface area contributed by atoms with Crippen molar-refractivity contribution in [2.24, 2.45) is 0 Å². The number of benzene rings is 2. The van der Waals surface area contributed by atoms with Crippen LogP contribution in [0, 0.1) is 0 Å². The number of para-hydroxylation sites is 2. The Labute approximate surface area is 206 Å². The van der Waals surface area contributed by atoms with Crippen molar-refractivity contribution in [1.29, 1.82) is 0 Å². The molecular formula is C28H23N5O3. The molecule has 0 atom stereocenters. The number of carbonyl (C=O) groups excluding carboxylic acids is 2. The summed E-state index contributed by atoms with van der Waals surface area (Å²) in [5.74, 6) is -0.901. The Balaban J connectivity index is 1.60. The van der Waals surface area contributed by atoms with E-state index < -0.39 is 11.8 Å². The number of amides is 2. The topological polar surface area (TPSA) is 102 Å². The van der Waals surface area contributed by atoms with Crippen LogP contribution in [0.3, 0.4) is 0 Å². The first-order chi connectivity index (χ1) is 17.7. The van der Waals surface area contributed by atoms with Gasteiger partial charge in [-0.1, -0.05) is 36.4 Å². The van der Waals surface area contributed by atoms with Gasteiger partial charge in [0.15, 0.2) is 0 Å². The Morgan fingerprint density at radius 2 is 1.58 bits per heavy atom. The third kappa shape index (κ3) is 3.50. The fraction of sp³-hybridized carbons (Fsp3) is 0.143. The molecule has 1 aliphatic rings. The first-order valence-corrected chi connectivity index (χ1v) is 11.8. The van der Waals surface area contributed by atoms with Gasteiger partial charge in [-0.25, -0.2) is 0 Å². The molecule has 5 aromatic rings. The highest BCUT2D eigenvalue weighted by Crippen LogP contribution is 2.38. The van der Waals surface area contributed by atoms with Crippen LogP contribution in [0.2, 0.25) is 0 Å². The summed E-state index contributed by atoms with van der Waals surface area (Å²) in [7, 11) is 0. The van der Waals surface area contributed by atoms with Crippen LogP contribution < -0.4 is 5.32 Å². The van der Waals surface area contributed by atoms with Crippen LogP contribution in [-0.4, -0.2) is 42.9 Å². The normalized spacial score (nSPS) is 13.8. The van der Waals surface area contributed by atoms with E-state index in [2.05, 4.69) is 10.3 Å². The third-order valence-electron chi connectivity index (χ3n) is 6.51. The van der Waals surface area contributed by atoms with E-state index >= 15 is 0 Å². The SMILES string of the molecule is O=C1NC(=O)C(c2nn(CCCCO)c3ccccc23)=C1c1cn(-c2cccnc2)c2ccccc12. The minimum Gasteiger partial charge on any atom is -0.396 e. The maximum absolute atomic E-state index is 13.2. The van der Waals surface area contributed by atoms with Crippen molar-refractivity contribution in [3.8, 4) is 5.69 Å². The molecule has 2 aromatic carbocycles. The van der Waals surface area contributed by atoms with Crippen LogP contribution in [-0.2, 0) is 16.1 Å². The minimum absolute atomic E-state index is 0.110. The van der Waals surface area contributed by atoms with Crippen molar-refractivity contribution >= 4 is 44.8 Å². The molecule has 178 valence electrons. The Bertz CT molecular complexity index is 1660. The van der Waals surface area contributed by atoms with Crippen molar-refractivity contribution in [3.05, 3.63) is 90.5 Å². The van der Waals surface area contributed by atoms with E-state index in [4.69, 9.17) is 5.10 Å². The summed E-state index contributed by atoms with van der Waals surface area (Å²) in [6.07, 6.45) is 6.76. The number of pyridine rings is 1. The molecule has 0 bridgehead atoms. The highest BCUT2D eigenvalue weighted by atomic mass is 16.3. The van der Waals surface area contributed by atoms with Crippen molar-refractivity contribution < 1.29 is 14.7 Å². The summed E-state index contributed by atoms with van der Waals surface area (Å²) in [4.78, 5) is 30.7.